The SMILES string of the molecule is CC(C)(C)Cc1cnc(C(F)(F)F)nc1. The van der Waals surface area contributed by atoms with Crippen molar-refractivity contribution in [3.05, 3.63) is 23.8 Å². The zero-order chi connectivity index (χ0) is 11.7. The molecular weight excluding hydrogens is 205 g/mol. The van der Waals surface area contributed by atoms with Gasteiger partial charge in [0.05, 0.1) is 0 Å². The molecule has 0 radical (unpaired) electrons. The first-order chi connectivity index (χ1) is 6.68. The van der Waals surface area contributed by atoms with Crippen LogP contribution in [0.25, 0.3) is 0 Å². The molecule has 0 unspecified atom stereocenters. The second-order valence-corrected chi connectivity index (χ2v) is 4.65. The maximum atomic E-state index is 12.1. The second kappa shape index (κ2) is 3.79. The first-order valence-electron chi connectivity index (χ1n) is 4.57. The van der Waals surface area contributed by atoms with Crippen LogP contribution in [0.15, 0.2) is 12.4 Å². The number of alkyl halides is 3. The van der Waals surface area contributed by atoms with Crippen LogP contribution in [-0.4, -0.2) is 9.97 Å². The van der Waals surface area contributed by atoms with E-state index >= 15 is 0 Å². The minimum atomic E-state index is -4.46. The maximum absolute atomic E-state index is 12.1. The lowest BCUT2D eigenvalue weighted by Crippen LogP contribution is -2.13. The fourth-order valence-electron chi connectivity index (χ4n) is 1.20. The van der Waals surface area contributed by atoms with E-state index in [1.807, 2.05) is 20.8 Å². The summed E-state index contributed by atoms with van der Waals surface area (Å²) in [5.41, 5.74) is 0.735. The van der Waals surface area contributed by atoms with Crippen LogP contribution in [0.1, 0.15) is 32.2 Å². The third-order valence-electron chi connectivity index (χ3n) is 1.69. The van der Waals surface area contributed by atoms with Gasteiger partial charge >= 0.3 is 6.18 Å². The monoisotopic (exact) mass is 218 g/mol. The van der Waals surface area contributed by atoms with E-state index in [0.29, 0.717) is 6.42 Å². The van der Waals surface area contributed by atoms with E-state index in [-0.39, 0.29) is 5.41 Å². The average Bonchev–Trinajstić information content (AvgIpc) is 2.00. The van der Waals surface area contributed by atoms with Gasteiger partial charge in [0.2, 0.25) is 5.82 Å². The van der Waals surface area contributed by atoms with Crippen LogP contribution in [0, 0.1) is 5.41 Å². The van der Waals surface area contributed by atoms with Gasteiger partial charge in [0, 0.05) is 12.4 Å². The van der Waals surface area contributed by atoms with E-state index in [1.54, 1.807) is 0 Å². The molecule has 0 saturated heterocycles. The van der Waals surface area contributed by atoms with Gasteiger partial charge in [-0.3, -0.25) is 0 Å². The van der Waals surface area contributed by atoms with Gasteiger partial charge in [-0.25, -0.2) is 9.97 Å². The third-order valence-corrected chi connectivity index (χ3v) is 1.69. The first-order valence-corrected chi connectivity index (χ1v) is 4.57. The summed E-state index contributed by atoms with van der Waals surface area (Å²) in [7, 11) is 0. The molecule has 0 saturated carbocycles. The Labute approximate surface area is 86.6 Å². The molecule has 15 heavy (non-hydrogen) atoms. The molecule has 1 rings (SSSR count). The molecule has 0 aliphatic carbocycles. The van der Waals surface area contributed by atoms with Crippen molar-refractivity contribution >= 4 is 0 Å². The summed E-state index contributed by atoms with van der Waals surface area (Å²) in [6, 6.07) is 0. The number of hydrogen-bond donors (Lipinski definition) is 0. The summed E-state index contributed by atoms with van der Waals surface area (Å²) in [6.45, 7) is 6.01. The fraction of sp³-hybridized carbons (Fsp3) is 0.600. The van der Waals surface area contributed by atoms with Crippen molar-refractivity contribution in [3.8, 4) is 0 Å². The highest BCUT2D eigenvalue weighted by Gasteiger charge is 2.34. The number of aromatic nitrogens is 2. The van der Waals surface area contributed by atoms with E-state index in [0.717, 1.165) is 5.56 Å². The zero-order valence-electron chi connectivity index (χ0n) is 8.89. The molecule has 84 valence electrons. The number of hydrogen-bond acceptors (Lipinski definition) is 2. The van der Waals surface area contributed by atoms with Crippen molar-refractivity contribution < 1.29 is 13.2 Å². The van der Waals surface area contributed by atoms with Gasteiger partial charge in [-0.15, -0.1) is 0 Å². The lowest BCUT2D eigenvalue weighted by Gasteiger charge is -2.17. The Morgan fingerprint density at radius 3 is 1.87 bits per heavy atom. The van der Waals surface area contributed by atoms with Gasteiger partial charge in [-0.2, -0.15) is 13.2 Å². The topological polar surface area (TPSA) is 25.8 Å². The van der Waals surface area contributed by atoms with Crippen molar-refractivity contribution in [2.45, 2.75) is 33.4 Å². The molecule has 2 nitrogen and oxygen atoms in total. The Kier molecular flexibility index (Phi) is 3.02. The van der Waals surface area contributed by atoms with Crippen LogP contribution >= 0.6 is 0 Å². The minimum absolute atomic E-state index is 0.0170. The highest BCUT2D eigenvalue weighted by Crippen LogP contribution is 2.26. The molecule has 0 aromatic carbocycles. The Balaban J connectivity index is 2.82. The normalized spacial score (nSPS) is 12.9. The van der Waals surface area contributed by atoms with Crippen LogP contribution in [0.2, 0.25) is 0 Å². The molecule has 1 heterocycles. The highest BCUT2D eigenvalue weighted by atomic mass is 19.4. The van der Waals surface area contributed by atoms with Crippen molar-refractivity contribution in [2.24, 2.45) is 5.41 Å². The van der Waals surface area contributed by atoms with Crippen molar-refractivity contribution in [2.75, 3.05) is 0 Å². The molecule has 0 N–H and O–H groups in total. The minimum Gasteiger partial charge on any atom is -0.233 e. The highest BCUT2D eigenvalue weighted by molar-refractivity contribution is 5.08. The van der Waals surface area contributed by atoms with Crippen LogP contribution in [0.3, 0.4) is 0 Å². The summed E-state index contributed by atoms with van der Waals surface area (Å²) in [5, 5.41) is 0. The first kappa shape index (κ1) is 11.9. The quantitative estimate of drug-likeness (QED) is 0.723. The summed E-state index contributed by atoms with van der Waals surface area (Å²) in [5.74, 6) is -1.08. The van der Waals surface area contributed by atoms with E-state index < -0.39 is 12.0 Å². The lowest BCUT2D eigenvalue weighted by molar-refractivity contribution is -0.145. The Morgan fingerprint density at radius 1 is 1.07 bits per heavy atom. The van der Waals surface area contributed by atoms with E-state index in [1.165, 1.54) is 12.4 Å². The standard InChI is InChI=1S/C10H13F3N2/c1-9(2,3)4-7-5-14-8(15-6-7)10(11,12)13/h5-6H,4H2,1-3H3. The number of halogens is 3. The maximum Gasteiger partial charge on any atom is 0.451 e. The molecule has 0 spiro atoms. The average molecular weight is 218 g/mol. The van der Waals surface area contributed by atoms with Gasteiger partial charge in [-0.1, -0.05) is 20.8 Å². The predicted molar refractivity (Wildman–Crippen MR) is 50.2 cm³/mol. The predicted octanol–water partition coefficient (Wildman–Crippen LogP) is 3.08. The van der Waals surface area contributed by atoms with Crippen molar-refractivity contribution in [1.82, 2.24) is 9.97 Å². The van der Waals surface area contributed by atoms with Gasteiger partial charge in [0.15, 0.2) is 0 Å². The van der Waals surface area contributed by atoms with Crippen LogP contribution in [-0.2, 0) is 12.6 Å². The molecule has 0 fully saturated rings. The van der Waals surface area contributed by atoms with Gasteiger partial charge in [-0.05, 0) is 17.4 Å². The number of rotatable bonds is 1. The van der Waals surface area contributed by atoms with Gasteiger partial charge in [0.1, 0.15) is 0 Å². The summed E-state index contributed by atoms with van der Waals surface area (Å²) in [6.07, 6.45) is -1.33. The largest absolute Gasteiger partial charge is 0.451 e. The summed E-state index contributed by atoms with van der Waals surface area (Å²) >= 11 is 0. The van der Waals surface area contributed by atoms with Gasteiger partial charge < -0.3 is 0 Å². The molecule has 0 aliphatic heterocycles. The molecule has 1 aromatic rings. The van der Waals surface area contributed by atoms with Crippen molar-refractivity contribution in [3.63, 3.8) is 0 Å². The Hall–Kier alpha value is -1.13. The molecule has 0 aliphatic rings. The van der Waals surface area contributed by atoms with Gasteiger partial charge in [0.25, 0.3) is 0 Å². The fourth-order valence-corrected chi connectivity index (χ4v) is 1.20. The molecule has 0 atom stereocenters. The smallest absolute Gasteiger partial charge is 0.233 e. The molecule has 5 heteroatoms. The lowest BCUT2D eigenvalue weighted by atomic mass is 9.89. The van der Waals surface area contributed by atoms with E-state index in [2.05, 4.69) is 9.97 Å². The zero-order valence-corrected chi connectivity index (χ0v) is 8.89. The molecule has 0 amide bonds. The van der Waals surface area contributed by atoms with E-state index in [9.17, 15) is 13.2 Å². The van der Waals surface area contributed by atoms with Crippen LogP contribution in [0.4, 0.5) is 13.2 Å². The number of nitrogens with zero attached hydrogens (tertiary/aromatic N) is 2. The van der Waals surface area contributed by atoms with Crippen LogP contribution in [0.5, 0.6) is 0 Å². The third kappa shape index (κ3) is 3.85. The summed E-state index contributed by atoms with van der Waals surface area (Å²) < 4.78 is 36.4. The molecule has 0 bridgehead atoms. The molecular formula is C10H13F3N2. The Morgan fingerprint density at radius 2 is 1.53 bits per heavy atom. The molecule has 1 aromatic heterocycles. The van der Waals surface area contributed by atoms with E-state index in [4.69, 9.17) is 0 Å². The summed E-state index contributed by atoms with van der Waals surface area (Å²) in [4.78, 5) is 6.60. The van der Waals surface area contributed by atoms with Crippen molar-refractivity contribution in [1.29, 1.82) is 0 Å². The Bertz CT molecular complexity index is 322. The van der Waals surface area contributed by atoms with Crippen LogP contribution < -0.4 is 0 Å². The second-order valence-electron chi connectivity index (χ2n) is 4.65.